The Bertz CT molecular complexity index is 874. The second-order valence-electron chi connectivity index (χ2n) is 4.34. The maximum Gasteiger partial charge on any atom is 0.295 e. The van der Waals surface area contributed by atoms with Gasteiger partial charge in [-0.1, -0.05) is 18.2 Å². The molecule has 104 valence electrons. The van der Waals surface area contributed by atoms with Crippen molar-refractivity contribution >= 4 is 28.0 Å². The van der Waals surface area contributed by atoms with Crippen LogP contribution in [0.4, 0.5) is 17.1 Å². The predicted molar refractivity (Wildman–Crippen MR) is 78.7 cm³/mol. The molecule has 1 aromatic heterocycles. The van der Waals surface area contributed by atoms with Crippen LogP contribution in [0.2, 0.25) is 0 Å². The van der Waals surface area contributed by atoms with Crippen molar-refractivity contribution < 1.29 is 4.92 Å². The third-order valence-electron chi connectivity index (χ3n) is 3.02. The van der Waals surface area contributed by atoms with E-state index >= 15 is 0 Å². The van der Waals surface area contributed by atoms with Gasteiger partial charge in [-0.05, 0) is 18.2 Å². The number of rotatable bonds is 3. The predicted octanol–water partition coefficient (Wildman–Crippen LogP) is 2.57. The lowest BCUT2D eigenvalue weighted by atomic mass is 10.1. The number of non-ortho nitro benzene ring substituents is 1. The first kappa shape index (κ1) is 12.8. The fraction of sp³-hybridized carbons (Fsp3) is 0. The average molecular weight is 282 g/mol. The Morgan fingerprint density at radius 1 is 1.14 bits per heavy atom. The number of para-hydroxylation sites is 1. The molecule has 0 atom stereocenters. The smallest absolute Gasteiger partial charge is 0.295 e. The van der Waals surface area contributed by atoms with Crippen molar-refractivity contribution in [2.75, 3.05) is 5.32 Å². The first-order valence-corrected chi connectivity index (χ1v) is 6.13. The van der Waals surface area contributed by atoms with Gasteiger partial charge >= 0.3 is 0 Å². The van der Waals surface area contributed by atoms with Crippen molar-refractivity contribution in [3.8, 4) is 0 Å². The van der Waals surface area contributed by atoms with Gasteiger partial charge in [0.25, 0.3) is 11.2 Å². The number of nitro groups is 1. The Morgan fingerprint density at radius 2 is 1.90 bits per heavy atom. The van der Waals surface area contributed by atoms with Crippen molar-refractivity contribution in [2.24, 2.45) is 0 Å². The van der Waals surface area contributed by atoms with E-state index in [1.165, 1.54) is 12.1 Å². The monoisotopic (exact) mass is 282 g/mol. The number of aromatic nitrogens is 2. The molecule has 7 nitrogen and oxygen atoms in total. The second-order valence-corrected chi connectivity index (χ2v) is 4.34. The van der Waals surface area contributed by atoms with Crippen LogP contribution in [0, 0.1) is 10.1 Å². The number of hydrogen-bond acceptors (Lipinski definition) is 5. The van der Waals surface area contributed by atoms with E-state index in [4.69, 9.17) is 0 Å². The molecule has 0 radical (unpaired) electrons. The van der Waals surface area contributed by atoms with Crippen molar-refractivity contribution in [3.63, 3.8) is 0 Å². The molecule has 0 unspecified atom stereocenters. The second kappa shape index (κ2) is 5.04. The van der Waals surface area contributed by atoms with Gasteiger partial charge in [-0.3, -0.25) is 14.9 Å². The first-order valence-electron chi connectivity index (χ1n) is 6.13. The number of hydrogen-bond donors (Lipinski definition) is 2. The minimum atomic E-state index is -0.554. The standard InChI is InChI=1S/C14H10N4O3/c19-14-12-10(17-9-4-2-1-3-5-9)6-7-11(18(20)21)13(12)15-8-16-14/h1-8,17H,(H,15,16,19). The third-order valence-corrected chi connectivity index (χ3v) is 3.02. The molecule has 0 bridgehead atoms. The zero-order valence-corrected chi connectivity index (χ0v) is 10.7. The van der Waals surface area contributed by atoms with E-state index < -0.39 is 10.5 Å². The molecule has 0 spiro atoms. The maximum absolute atomic E-state index is 12.0. The zero-order valence-electron chi connectivity index (χ0n) is 10.7. The van der Waals surface area contributed by atoms with Crippen LogP contribution in [-0.4, -0.2) is 14.9 Å². The Labute approximate surface area is 118 Å². The highest BCUT2D eigenvalue weighted by Gasteiger charge is 2.18. The fourth-order valence-electron chi connectivity index (χ4n) is 2.10. The van der Waals surface area contributed by atoms with Crippen LogP contribution in [0.15, 0.2) is 53.6 Å². The normalized spacial score (nSPS) is 10.5. The summed E-state index contributed by atoms with van der Waals surface area (Å²) >= 11 is 0. The lowest BCUT2D eigenvalue weighted by Gasteiger charge is -2.08. The van der Waals surface area contributed by atoms with Gasteiger partial charge in [0.05, 0.1) is 22.3 Å². The SMILES string of the molecule is O=c1[nH]cnc2c([N+](=O)[O-])ccc(Nc3ccccc3)c12. The summed E-state index contributed by atoms with van der Waals surface area (Å²) < 4.78 is 0. The molecule has 0 aliphatic carbocycles. The van der Waals surface area contributed by atoms with Crippen LogP contribution < -0.4 is 10.9 Å². The molecule has 21 heavy (non-hydrogen) atoms. The highest BCUT2D eigenvalue weighted by molar-refractivity contribution is 5.97. The number of H-pyrrole nitrogens is 1. The Balaban J connectivity index is 2.23. The summed E-state index contributed by atoms with van der Waals surface area (Å²) in [5, 5.41) is 14.3. The van der Waals surface area contributed by atoms with Crippen molar-refractivity contribution in [1.82, 2.24) is 9.97 Å². The van der Waals surface area contributed by atoms with Crippen molar-refractivity contribution in [3.05, 3.63) is 69.3 Å². The van der Waals surface area contributed by atoms with E-state index in [2.05, 4.69) is 15.3 Å². The van der Waals surface area contributed by atoms with Gasteiger partial charge in [0.15, 0.2) is 5.52 Å². The van der Waals surface area contributed by atoms with Gasteiger partial charge in [0.2, 0.25) is 0 Å². The first-order chi connectivity index (χ1) is 10.2. The summed E-state index contributed by atoms with van der Waals surface area (Å²) in [5.41, 5.74) is 0.675. The molecule has 7 heteroatoms. The summed E-state index contributed by atoms with van der Waals surface area (Å²) in [4.78, 5) is 28.8. The molecule has 2 N–H and O–H groups in total. The highest BCUT2D eigenvalue weighted by Crippen LogP contribution is 2.29. The molecule has 0 fully saturated rings. The van der Waals surface area contributed by atoms with Gasteiger partial charge in [0.1, 0.15) is 0 Å². The van der Waals surface area contributed by atoms with Crippen LogP contribution in [0.1, 0.15) is 0 Å². The minimum Gasteiger partial charge on any atom is -0.355 e. The quantitative estimate of drug-likeness (QED) is 0.568. The van der Waals surface area contributed by atoms with Crippen LogP contribution >= 0.6 is 0 Å². The van der Waals surface area contributed by atoms with Crippen LogP contribution in [0.3, 0.4) is 0 Å². The average Bonchev–Trinajstić information content (AvgIpc) is 2.48. The topological polar surface area (TPSA) is 101 Å². The zero-order chi connectivity index (χ0) is 14.8. The summed E-state index contributed by atoms with van der Waals surface area (Å²) in [5.74, 6) is 0. The van der Waals surface area contributed by atoms with Crippen LogP contribution in [-0.2, 0) is 0 Å². The lowest BCUT2D eigenvalue weighted by molar-refractivity contribution is -0.383. The van der Waals surface area contributed by atoms with E-state index in [9.17, 15) is 14.9 Å². The third kappa shape index (κ3) is 2.32. The maximum atomic E-state index is 12.0. The van der Waals surface area contributed by atoms with E-state index in [0.717, 1.165) is 12.0 Å². The molecule has 0 amide bonds. The Kier molecular flexibility index (Phi) is 3.07. The van der Waals surface area contributed by atoms with E-state index in [1.807, 2.05) is 30.3 Å². The van der Waals surface area contributed by atoms with Gasteiger partial charge < -0.3 is 10.3 Å². The van der Waals surface area contributed by atoms with Crippen molar-refractivity contribution in [2.45, 2.75) is 0 Å². The highest BCUT2D eigenvalue weighted by atomic mass is 16.6. The number of nitro benzene ring substituents is 1. The lowest BCUT2D eigenvalue weighted by Crippen LogP contribution is -2.10. The molecular weight excluding hydrogens is 272 g/mol. The molecule has 2 aromatic carbocycles. The van der Waals surface area contributed by atoms with E-state index in [1.54, 1.807) is 0 Å². The summed E-state index contributed by atoms with van der Waals surface area (Å²) in [6, 6.07) is 12.1. The number of nitrogens with zero attached hydrogens (tertiary/aromatic N) is 2. The summed E-state index contributed by atoms with van der Waals surface area (Å²) in [7, 11) is 0. The van der Waals surface area contributed by atoms with E-state index in [0.29, 0.717) is 5.69 Å². The molecule has 3 aromatic rings. The number of anilines is 2. The fourth-order valence-corrected chi connectivity index (χ4v) is 2.10. The molecule has 3 rings (SSSR count). The molecule has 0 aliphatic heterocycles. The number of fused-ring (bicyclic) bond motifs is 1. The van der Waals surface area contributed by atoms with Gasteiger partial charge in [-0.25, -0.2) is 4.98 Å². The molecular formula is C14H10N4O3. The largest absolute Gasteiger partial charge is 0.355 e. The number of aromatic amines is 1. The van der Waals surface area contributed by atoms with Crippen LogP contribution in [0.25, 0.3) is 10.9 Å². The van der Waals surface area contributed by atoms with Gasteiger partial charge in [0, 0.05) is 11.8 Å². The number of nitrogens with one attached hydrogen (secondary N) is 2. The number of benzene rings is 2. The molecule has 0 aliphatic rings. The molecule has 1 heterocycles. The van der Waals surface area contributed by atoms with E-state index in [-0.39, 0.29) is 16.6 Å². The minimum absolute atomic E-state index is 0.0599. The molecule has 0 saturated heterocycles. The van der Waals surface area contributed by atoms with Gasteiger partial charge in [-0.2, -0.15) is 0 Å². The Morgan fingerprint density at radius 3 is 2.62 bits per heavy atom. The molecule has 0 saturated carbocycles. The van der Waals surface area contributed by atoms with Crippen LogP contribution in [0.5, 0.6) is 0 Å². The Hall–Kier alpha value is -3.22. The van der Waals surface area contributed by atoms with Gasteiger partial charge in [-0.15, -0.1) is 0 Å². The summed E-state index contributed by atoms with van der Waals surface area (Å²) in [6.07, 6.45) is 1.16. The van der Waals surface area contributed by atoms with Crippen molar-refractivity contribution in [1.29, 1.82) is 0 Å². The summed E-state index contributed by atoms with van der Waals surface area (Å²) in [6.45, 7) is 0.